The van der Waals surface area contributed by atoms with Gasteiger partial charge in [0.2, 0.25) is 9.84 Å². The number of thiophene rings is 1. The Labute approximate surface area is 182 Å². The maximum Gasteiger partial charge on any atom is 0.332 e. The molecule has 1 aliphatic heterocycles. The predicted molar refractivity (Wildman–Crippen MR) is 118 cm³/mol. The Morgan fingerprint density at radius 3 is 2.43 bits per heavy atom. The second-order valence-electron chi connectivity index (χ2n) is 7.46. The summed E-state index contributed by atoms with van der Waals surface area (Å²) >= 11 is 1.09. The number of likely N-dealkylation sites (tertiary alicyclic amines) is 1. The van der Waals surface area contributed by atoms with E-state index in [0.29, 0.717) is 17.9 Å². The Morgan fingerprint density at radius 1 is 1.13 bits per heavy atom. The lowest BCUT2D eigenvalue weighted by molar-refractivity contribution is -0.146. The van der Waals surface area contributed by atoms with Crippen molar-refractivity contribution in [2.75, 3.05) is 32.8 Å². The highest BCUT2D eigenvalue weighted by Gasteiger charge is 2.50. The van der Waals surface area contributed by atoms with Crippen molar-refractivity contribution in [1.82, 2.24) is 4.90 Å². The molecule has 0 saturated carbocycles. The van der Waals surface area contributed by atoms with Crippen LogP contribution in [0.25, 0.3) is 0 Å². The van der Waals surface area contributed by atoms with Crippen LogP contribution in [0.1, 0.15) is 38.7 Å². The van der Waals surface area contributed by atoms with Gasteiger partial charge in [0, 0.05) is 6.54 Å². The fraction of sp³-hybridized carbons (Fsp3) is 0.500. The lowest BCUT2D eigenvalue weighted by Crippen LogP contribution is -2.42. The molecular weight excluding hydrogens is 422 g/mol. The van der Waals surface area contributed by atoms with Gasteiger partial charge in [-0.3, -0.25) is 4.90 Å². The summed E-state index contributed by atoms with van der Waals surface area (Å²) in [4.78, 5) is 15.2. The summed E-state index contributed by atoms with van der Waals surface area (Å²) in [7, 11) is -3.98. The molecule has 8 heteroatoms. The normalized spacial score (nSPS) is 17.3. The zero-order chi connectivity index (χ0) is 21.6. The molecule has 3 rings (SSSR count). The summed E-state index contributed by atoms with van der Waals surface area (Å²) in [5.41, 5.74) is 0.359. The second-order valence-corrected chi connectivity index (χ2v) is 10.9. The summed E-state index contributed by atoms with van der Waals surface area (Å²) in [6.45, 7) is 6.84. The molecule has 1 aromatic carbocycles. The third-order valence-corrected chi connectivity index (χ3v) is 9.24. The number of benzene rings is 1. The molecule has 2 aromatic rings. The van der Waals surface area contributed by atoms with Crippen LogP contribution in [-0.2, 0) is 24.1 Å². The molecule has 6 nitrogen and oxygen atoms in total. The van der Waals surface area contributed by atoms with Gasteiger partial charge in [-0.25, -0.2) is 13.2 Å². The van der Waals surface area contributed by atoms with Crippen LogP contribution < -0.4 is 4.74 Å². The number of esters is 1. The first-order chi connectivity index (χ1) is 14.4. The summed E-state index contributed by atoms with van der Waals surface area (Å²) in [5.74, 6) is -0.132. The largest absolute Gasteiger partial charge is 0.492 e. The molecule has 0 spiro atoms. The number of hydrogen-bond donors (Lipinski definition) is 0. The zero-order valence-corrected chi connectivity index (χ0v) is 19.1. The molecule has 164 valence electrons. The highest BCUT2D eigenvalue weighted by Crippen LogP contribution is 2.39. The fourth-order valence-corrected chi connectivity index (χ4v) is 6.62. The van der Waals surface area contributed by atoms with Gasteiger partial charge in [0.05, 0.1) is 6.61 Å². The van der Waals surface area contributed by atoms with Gasteiger partial charge in [-0.15, -0.1) is 11.3 Å². The van der Waals surface area contributed by atoms with Crippen molar-refractivity contribution in [3.05, 3.63) is 47.3 Å². The molecule has 1 fully saturated rings. The van der Waals surface area contributed by atoms with E-state index < -0.39 is 20.6 Å². The van der Waals surface area contributed by atoms with Crippen molar-refractivity contribution >= 4 is 27.1 Å². The van der Waals surface area contributed by atoms with Gasteiger partial charge in [-0.1, -0.05) is 24.6 Å². The summed E-state index contributed by atoms with van der Waals surface area (Å²) < 4.78 is 36.0. The Bertz CT molecular complexity index is 919. The van der Waals surface area contributed by atoms with Gasteiger partial charge in [-0.2, -0.15) is 0 Å². The van der Waals surface area contributed by atoms with Crippen molar-refractivity contribution in [3.8, 4) is 5.75 Å². The molecular formula is C22H29NO5S2. The van der Waals surface area contributed by atoms with Crippen LogP contribution in [0, 0.1) is 0 Å². The van der Waals surface area contributed by atoms with Crippen LogP contribution >= 0.6 is 11.3 Å². The summed E-state index contributed by atoms with van der Waals surface area (Å²) in [6.07, 6.45) is 3.77. The number of hydrogen-bond acceptors (Lipinski definition) is 7. The number of carbonyl (C=O) groups is 1. The minimum atomic E-state index is -3.98. The smallest absolute Gasteiger partial charge is 0.332 e. The van der Waals surface area contributed by atoms with E-state index in [9.17, 15) is 13.2 Å². The first-order valence-corrected chi connectivity index (χ1v) is 12.7. The lowest BCUT2D eigenvalue weighted by Gasteiger charge is -2.27. The van der Waals surface area contributed by atoms with E-state index in [-0.39, 0.29) is 10.8 Å². The average molecular weight is 452 g/mol. The van der Waals surface area contributed by atoms with Gasteiger partial charge < -0.3 is 9.47 Å². The number of carbonyl (C=O) groups excluding carboxylic acids is 1. The fourth-order valence-electron chi connectivity index (χ4n) is 3.61. The van der Waals surface area contributed by atoms with E-state index in [2.05, 4.69) is 4.90 Å². The molecule has 1 aromatic heterocycles. The predicted octanol–water partition coefficient (Wildman–Crippen LogP) is 3.87. The topological polar surface area (TPSA) is 72.9 Å². The lowest BCUT2D eigenvalue weighted by atomic mass is 10.00. The molecule has 2 heterocycles. The SMILES string of the molecule is CCOC(=O)C(C)(c1ccc(OCCN2CCCCC2)cc1)S(=O)(=O)c1cccs1. The van der Waals surface area contributed by atoms with Crippen molar-refractivity contribution in [2.24, 2.45) is 0 Å². The molecule has 0 radical (unpaired) electrons. The molecule has 0 bridgehead atoms. The summed E-state index contributed by atoms with van der Waals surface area (Å²) in [5, 5.41) is 1.68. The first-order valence-electron chi connectivity index (χ1n) is 10.3. The van der Waals surface area contributed by atoms with Crippen LogP contribution in [0.2, 0.25) is 0 Å². The molecule has 1 unspecified atom stereocenters. The Hall–Kier alpha value is -1.90. The standard InChI is InChI=1S/C22H29NO5S2/c1-3-27-21(24)22(2,30(25,26)20-8-7-17-29-20)18-9-11-19(12-10-18)28-16-15-23-13-5-4-6-14-23/h7-12,17H,3-6,13-16H2,1-2H3. The molecule has 1 aliphatic rings. The zero-order valence-electron chi connectivity index (χ0n) is 17.5. The van der Waals surface area contributed by atoms with E-state index >= 15 is 0 Å². The van der Waals surface area contributed by atoms with Gasteiger partial charge in [0.15, 0.2) is 4.75 Å². The van der Waals surface area contributed by atoms with Crippen molar-refractivity contribution < 1.29 is 22.7 Å². The molecule has 0 amide bonds. The quantitative estimate of drug-likeness (QED) is 0.539. The van der Waals surface area contributed by atoms with Crippen LogP contribution in [0.4, 0.5) is 0 Å². The van der Waals surface area contributed by atoms with Crippen molar-refractivity contribution in [2.45, 2.75) is 42.1 Å². The number of ether oxygens (including phenoxy) is 2. The van der Waals surface area contributed by atoms with Crippen LogP contribution in [0.15, 0.2) is 46.0 Å². The molecule has 30 heavy (non-hydrogen) atoms. The number of rotatable bonds is 9. The minimum Gasteiger partial charge on any atom is -0.492 e. The van der Waals surface area contributed by atoms with E-state index in [4.69, 9.17) is 9.47 Å². The number of sulfone groups is 1. The maximum absolute atomic E-state index is 13.3. The van der Waals surface area contributed by atoms with E-state index in [1.165, 1.54) is 32.3 Å². The Balaban J connectivity index is 1.78. The average Bonchev–Trinajstić information content (AvgIpc) is 3.30. The molecule has 1 saturated heterocycles. The second kappa shape index (κ2) is 9.94. The van der Waals surface area contributed by atoms with E-state index in [1.54, 1.807) is 42.6 Å². The van der Waals surface area contributed by atoms with Gasteiger partial charge in [0.25, 0.3) is 0 Å². The van der Waals surface area contributed by atoms with Gasteiger partial charge in [-0.05, 0) is 68.9 Å². The number of nitrogens with zero attached hydrogens (tertiary/aromatic N) is 1. The highest BCUT2D eigenvalue weighted by atomic mass is 32.2. The monoisotopic (exact) mass is 451 g/mol. The van der Waals surface area contributed by atoms with Gasteiger partial charge in [0.1, 0.15) is 16.6 Å². The first kappa shape index (κ1) is 22.8. The van der Waals surface area contributed by atoms with Crippen molar-refractivity contribution in [1.29, 1.82) is 0 Å². The molecule has 1 atom stereocenters. The Kier molecular flexibility index (Phi) is 7.55. The van der Waals surface area contributed by atoms with Crippen LogP contribution in [0.5, 0.6) is 5.75 Å². The van der Waals surface area contributed by atoms with Gasteiger partial charge >= 0.3 is 5.97 Å². The summed E-state index contributed by atoms with van der Waals surface area (Å²) in [6, 6.07) is 9.87. The third kappa shape index (κ3) is 4.71. The Morgan fingerprint density at radius 2 is 1.83 bits per heavy atom. The van der Waals surface area contributed by atoms with Crippen molar-refractivity contribution in [3.63, 3.8) is 0 Å². The van der Waals surface area contributed by atoms with E-state index in [1.807, 2.05) is 0 Å². The third-order valence-electron chi connectivity index (χ3n) is 5.49. The maximum atomic E-state index is 13.3. The minimum absolute atomic E-state index is 0.103. The highest BCUT2D eigenvalue weighted by molar-refractivity contribution is 7.95. The van der Waals surface area contributed by atoms with Crippen LogP contribution in [0.3, 0.4) is 0 Å². The molecule has 0 aliphatic carbocycles. The molecule has 0 N–H and O–H groups in total. The van der Waals surface area contributed by atoms with Crippen LogP contribution in [-0.4, -0.2) is 52.1 Å². The van der Waals surface area contributed by atoms with E-state index in [0.717, 1.165) is 31.0 Å². The number of piperidine rings is 1.